The van der Waals surface area contributed by atoms with Crippen LogP contribution in [0.5, 0.6) is 0 Å². The van der Waals surface area contributed by atoms with E-state index in [2.05, 4.69) is 10.5 Å². The maximum Gasteiger partial charge on any atom is 0.220 e. The van der Waals surface area contributed by atoms with Crippen LogP contribution < -0.4 is 5.32 Å². The molecule has 19 heavy (non-hydrogen) atoms. The zero-order valence-corrected chi connectivity index (χ0v) is 12.0. The Morgan fingerprint density at radius 2 is 2.21 bits per heavy atom. The number of carbonyl (C=O) groups is 1. The van der Waals surface area contributed by atoms with Crippen LogP contribution >= 0.6 is 0 Å². The van der Waals surface area contributed by atoms with Gasteiger partial charge in [-0.25, -0.2) is 0 Å². The zero-order valence-electron chi connectivity index (χ0n) is 12.0. The van der Waals surface area contributed by atoms with E-state index in [1.807, 2.05) is 27.7 Å². The van der Waals surface area contributed by atoms with E-state index in [4.69, 9.17) is 4.52 Å². The molecule has 1 aliphatic rings. The van der Waals surface area contributed by atoms with Crippen LogP contribution in [0.3, 0.4) is 0 Å². The summed E-state index contributed by atoms with van der Waals surface area (Å²) in [6, 6.07) is 0.0691. The molecule has 2 N–H and O–H groups in total. The van der Waals surface area contributed by atoms with Gasteiger partial charge in [0.2, 0.25) is 5.91 Å². The molecule has 2 rings (SSSR count). The normalized spacial score (nSPS) is 24.9. The molecular weight excluding hydrogens is 244 g/mol. The Hall–Kier alpha value is -1.36. The minimum atomic E-state index is -0.319. The third-order valence-corrected chi connectivity index (χ3v) is 4.33. The van der Waals surface area contributed by atoms with Crippen molar-refractivity contribution in [2.45, 2.75) is 59.1 Å². The summed E-state index contributed by atoms with van der Waals surface area (Å²) in [6.45, 7) is 7.69. The molecule has 2 atom stereocenters. The van der Waals surface area contributed by atoms with E-state index in [1.165, 1.54) is 0 Å². The summed E-state index contributed by atoms with van der Waals surface area (Å²) in [6.07, 6.45) is 1.39. The second kappa shape index (κ2) is 4.96. The summed E-state index contributed by atoms with van der Waals surface area (Å²) >= 11 is 0. The Morgan fingerprint density at radius 3 is 2.68 bits per heavy atom. The molecule has 1 heterocycles. The predicted molar refractivity (Wildman–Crippen MR) is 70.6 cm³/mol. The topological polar surface area (TPSA) is 75.4 Å². The molecule has 0 bridgehead atoms. The average molecular weight is 266 g/mol. The molecule has 1 aromatic heterocycles. The number of hydrogen-bond donors (Lipinski definition) is 2. The van der Waals surface area contributed by atoms with Crippen molar-refractivity contribution in [2.75, 3.05) is 0 Å². The number of nitrogens with zero attached hydrogens (tertiary/aromatic N) is 1. The van der Waals surface area contributed by atoms with E-state index in [9.17, 15) is 9.90 Å². The van der Waals surface area contributed by atoms with Crippen LogP contribution in [0.15, 0.2) is 4.52 Å². The lowest BCUT2D eigenvalue weighted by atomic mass is 9.64. The number of rotatable bonds is 4. The predicted octanol–water partition coefficient (Wildman–Crippen LogP) is 1.50. The summed E-state index contributed by atoms with van der Waals surface area (Å²) in [7, 11) is 0. The highest BCUT2D eigenvalue weighted by Crippen LogP contribution is 2.40. The van der Waals surface area contributed by atoms with Crippen LogP contribution in [0, 0.1) is 19.3 Å². The van der Waals surface area contributed by atoms with Crippen LogP contribution in [-0.2, 0) is 11.2 Å². The molecule has 1 amide bonds. The van der Waals surface area contributed by atoms with E-state index in [0.29, 0.717) is 19.3 Å². The van der Waals surface area contributed by atoms with Gasteiger partial charge < -0.3 is 14.9 Å². The molecule has 0 aromatic carbocycles. The van der Waals surface area contributed by atoms with Gasteiger partial charge in [0.05, 0.1) is 11.8 Å². The van der Waals surface area contributed by atoms with E-state index in [0.717, 1.165) is 17.0 Å². The fraction of sp³-hybridized carbons (Fsp3) is 0.714. The largest absolute Gasteiger partial charge is 0.392 e. The van der Waals surface area contributed by atoms with Crippen molar-refractivity contribution < 1.29 is 14.4 Å². The van der Waals surface area contributed by atoms with Crippen LogP contribution in [0.25, 0.3) is 0 Å². The number of hydrogen-bond acceptors (Lipinski definition) is 4. The van der Waals surface area contributed by atoms with Crippen molar-refractivity contribution in [3.63, 3.8) is 0 Å². The Morgan fingerprint density at radius 1 is 1.53 bits per heavy atom. The minimum absolute atomic E-state index is 0.0185. The molecule has 1 aromatic rings. The number of nitrogens with one attached hydrogen (secondary N) is 1. The molecule has 5 heteroatoms. The Labute approximate surface area is 113 Å². The van der Waals surface area contributed by atoms with E-state index in [-0.39, 0.29) is 23.5 Å². The molecule has 5 nitrogen and oxygen atoms in total. The summed E-state index contributed by atoms with van der Waals surface area (Å²) in [4.78, 5) is 11.9. The fourth-order valence-electron chi connectivity index (χ4n) is 2.51. The van der Waals surface area contributed by atoms with Crippen LogP contribution in [0.1, 0.15) is 43.7 Å². The van der Waals surface area contributed by atoms with Gasteiger partial charge in [-0.1, -0.05) is 19.0 Å². The number of aliphatic hydroxyl groups is 1. The van der Waals surface area contributed by atoms with Gasteiger partial charge in [-0.05, 0) is 26.7 Å². The summed E-state index contributed by atoms with van der Waals surface area (Å²) in [5.74, 6) is 0.801. The van der Waals surface area contributed by atoms with Crippen LogP contribution in [0.2, 0.25) is 0 Å². The smallest absolute Gasteiger partial charge is 0.220 e. The highest BCUT2D eigenvalue weighted by atomic mass is 16.5. The first-order valence-corrected chi connectivity index (χ1v) is 6.71. The van der Waals surface area contributed by atoms with Gasteiger partial charge in [0.15, 0.2) is 0 Å². The Balaban J connectivity index is 1.83. The standard InChI is InChI=1S/C14H22N2O3/c1-8-10(9(2)19-16-8)5-6-13(18)15-11-7-12(17)14(11,3)4/h11-12,17H,5-7H2,1-4H3,(H,15,18). The molecule has 0 radical (unpaired) electrons. The molecule has 2 unspecified atom stereocenters. The highest BCUT2D eigenvalue weighted by Gasteiger charge is 2.47. The van der Waals surface area contributed by atoms with E-state index >= 15 is 0 Å². The van der Waals surface area contributed by atoms with Crippen molar-refractivity contribution in [3.8, 4) is 0 Å². The molecule has 0 spiro atoms. The van der Waals surface area contributed by atoms with E-state index < -0.39 is 0 Å². The molecule has 1 fully saturated rings. The first kappa shape index (κ1) is 14.1. The van der Waals surface area contributed by atoms with Crippen molar-refractivity contribution in [1.29, 1.82) is 0 Å². The summed E-state index contributed by atoms with van der Waals surface area (Å²) in [5, 5.41) is 16.5. The monoisotopic (exact) mass is 266 g/mol. The molecule has 1 saturated carbocycles. The third-order valence-electron chi connectivity index (χ3n) is 4.33. The van der Waals surface area contributed by atoms with Crippen LogP contribution in [0.4, 0.5) is 0 Å². The highest BCUT2D eigenvalue weighted by molar-refractivity contribution is 5.76. The number of aliphatic hydroxyl groups excluding tert-OH is 1. The van der Waals surface area contributed by atoms with Gasteiger partial charge in [-0.2, -0.15) is 0 Å². The number of aromatic nitrogens is 1. The minimum Gasteiger partial charge on any atom is -0.392 e. The summed E-state index contributed by atoms with van der Waals surface area (Å²) in [5.41, 5.74) is 1.64. The maximum atomic E-state index is 11.9. The first-order valence-electron chi connectivity index (χ1n) is 6.71. The Bertz CT molecular complexity index is 460. The van der Waals surface area contributed by atoms with Gasteiger partial charge in [0.1, 0.15) is 5.76 Å². The number of aryl methyl sites for hydroxylation is 2. The average Bonchev–Trinajstić information content (AvgIpc) is 2.66. The van der Waals surface area contributed by atoms with Crippen LogP contribution in [-0.4, -0.2) is 28.3 Å². The second-order valence-electron chi connectivity index (χ2n) is 6.00. The van der Waals surface area contributed by atoms with Gasteiger partial charge in [0, 0.05) is 23.4 Å². The molecular formula is C14H22N2O3. The van der Waals surface area contributed by atoms with E-state index in [1.54, 1.807) is 0 Å². The second-order valence-corrected chi connectivity index (χ2v) is 6.00. The zero-order chi connectivity index (χ0) is 14.2. The molecule has 0 saturated heterocycles. The Kier molecular flexibility index (Phi) is 3.67. The van der Waals surface area contributed by atoms with Gasteiger partial charge in [0.25, 0.3) is 0 Å². The van der Waals surface area contributed by atoms with Crippen molar-refractivity contribution in [2.24, 2.45) is 5.41 Å². The lowest BCUT2D eigenvalue weighted by Gasteiger charge is -2.49. The quantitative estimate of drug-likeness (QED) is 0.866. The van der Waals surface area contributed by atoms with Crippen molar-refractivity contribution in [3.05, 3.63) is 17.0 Å². The lowest BCUT2D eigenvalue weighted by Crippen LogP contribution is -2.61. The van der Waals surface area contributed by atoms with Crippen molar-refractivity contribution >= 4 is 5.91 Å². The fourth-order valence-corrected chi connectivity index (χ4v) is 2.51. The van der Waals surface area contributed by atoms with Crippen molar-refractivity contribution in [1.82, 2.24) is 10.5 Å². The van der Waals surface area contributed by atoms with Gasteiger partial charge in [-0.15, -0.1) is 0 Å². The first-order chi connectivity index (χ1) is 8.82. The molecule has 106 valence electrons. The van der Waals surface area contributed by atoms with Gasteiger partial charge >= 0.3 is 0 Å². The maximum absolute atomic E-state index is 11.9. The third kappa shape index (κ3) is 2.66. The lowest BCUT2D eigenvalue weighted by molar-refractivity contribution is -0.129. The number of amides is 1. The molecule has 0 aliphatic heterocycles. The SMILES string of the molecule is Cc1noc(C)c1CCC(=O)NC1CC(O)C1(C)C. The van der Waals surface area contributed by atoms with Gasteiger partial charge in [-0.3, -0.25) is 4.79 Å². The summed E-state index contributed by atoms with van der Waals surface area (Å²) < 4.78 is 5.07. The molecule has 1 aliphatic carbocycles. The number of carbonyl (C=O) groups excluding carboxylic acids is 1.